The fraction of sp³-hybridized carbons (Fsp3) is 0.947. The van der Waals surface area contributed by atoms with Crippen LogP contribution in [0, 0.1) is 0 Å². The standard InChI is InChI=1S/C38H73O13P/c1-3-5-7-9-11-13-15-17-19-21-23-25-27-32(40)50-30(28-48-31(39)26-24-22-20-18-16-14-12-10-8-6-4-2)29-49-52(46,47)51-38-36(44)34(42)33(41)35(43)37(38)45/h30,33-38,41-45H,3-29H2,1-2H3,(H,46,47). The number of esters is 2. The number of aliphatic hydroxyl groups excluding tert-OH is 5. The van der Waals surface area contributed by atoms with Crippen LogP contribution < -0.4 is 0 Å². The van der Waals surface area contributed by atoms with E-state index in [1.54, 1.807) is 0 Å². The molecule has 1 rings (SSSR count). The zero-order valence-corrected chi connectivity index (χ0v) is 33.0. The van der Waals surface area contributed by atoms with Gasteiger partial charge in [0.15, 0.2) is 6.10 Å². The summed E-state index contributed by atoms with van der Waals surface area (Å²) in [5.41, 5.74) is 0. The van der Waals surface area contributed by atoms with E-state index >= 15 is 0 Å². The van der Waals surface area contributed by atoms with E-state index in [9.17, 15) is 44.6 Å². The van der Waals surface area contributed by atoms with Crippen molar-refractivity contribution in [1.82, 2.24) is 0 Å². The Morgan fingerprint density at radius 1 is 0.519 bits per heavy atom. The van der Waals surface area contributed by atoms with Gasteiger partial charge in [0.1, 0.15) is 43.2 Å². The Kier molecular flexibility index (Phi) is 28.3. The van der Waals surface area contributed by atoms with Gasteiger partial charge in [-0.15, -0.1) is 0 Å². The zero-order chi connectivity index (χ0) is 38.6. The van der Waals surface area contributed by atoms with Crippen LogP contribution in [0.1, 0.15) is 174 Å². The lowest BCUT2D eigenvalue weighted by atomic mass is 9.85. The molecule has 0 heterocycles. The van der Waals surface area contributed by atoms with E-state index < -0.39 is 75.7 Å². The van der Waals surface area contributed by atoms with E-state index in [0.29, 0.717) is 12.8 Å². The van der Waals surface area contributed by atoms with Crippen LogP contribution in [-0.2, 0) is 32.7 Å². The molecule has 1 aliphatic rings. The third-order valence-corrected chi connectivity index (χ3v) is 10.7. The molecule has 0 aromatic rings. The highest BCUT2D eigenvalue weighted by Crippen LogP contribution is 2.47. The molecule has 6 N–H and O–H groups in total. The lowest BCUT2D eigenvalue weighted by molar-refractivity contribution is -0.220. The van der Waals surface area contributed by atoms with Crippen LogP contribution in [0.5, 0.6) is 0 Å². The number of hydrogen-bond acceptors (Lipinski definition) is 12. The molecule has 0 spiro atoms. The van der Waals surface area contributed by atoms with Gasteiger partial charge in [0.2, 0.25) is 0 Å². The van der Waals surface area contributed by atoms with Crippen LogP contribution in [0.4, 0.5) is 0 Å². The number of hydrogen-bond donors (Lipinski definition) is 6. The van der Waals surface area contributed by atoms with Crippen LogP contribution in [0.3, 0.4) is 0 Å². The molecule has 0 amide bonds. The van der Waals surface area contributed by atoms with Gasteiger partial charge in [0, 0.05) is 12.8 Å². The van der Waals surface area contributed by atoms with Crippen molar-refractivity contribution in [2.24, 2.45) is 0 Å². The van der Waals surface area contributed by atoms with Gasteiger partial charge < -0.3 is 39.9 Å². The van der Waals surface area contributed by atoms with E-state index in [1.165, 1.54) is 96.3 Å². The topological polar surface area (TPSA) is 210 Å². The van der Waals surface area contributed by atoms with Crippen molar-refractivity contribution in [3.05, 3.63) is 0 Å². The van der Waals surface area contributed by atoms with Crippen molar-refractivity contribution in [2.75, 3.05) is 13.2 Å². The summed E-state index contributed by atoms with van der Waals surface area (Å²) in [7, 11) is -5.10. The van der Waals surface area contributed by atoms with Crippen LogP contribution >= 0.6 is 7.82 Å². The molecule has 6 atom stereocenters. The number of rotatable bonds is 33. The Labute approximate surface area is 312 Å². The molecule has 1 aliphatic carbocycles. The highest BCUT2D eigenvalue weighted by atomic mass is 31.2. The van der Waals surface area contributed by atoms with Gasteiger partial charge >= 0.3 is 19.8 Å². The highest BCUT2D eigenvalue weighted by Gasteiger charge is 2.51. The molecule has 14 heteroatoms. The van der Waals surface area contributed by atoms with Crippen LogP contribution in [0.2, 0.25) is 0 Å². The van der Waals surface area contributed by atoms with Gasteiger partial charge in [-0.3, -0.25) is 18.6 Å². The van der Waals surface area contributed by atoms with E-state index in [4.69, 9.17) is 18.5 Å². The van der Waals surface area contributed by atoms with Gasteiger partial charge in [-0.1, -0.05) is 149 Å². The molecule has 1 fully saturated rings. The summed E-state index contributed by atoms with van der Waals surface area (Å²) in [5, 5.41) is 49.9. The number of carbonyl (C=O) groups excluding carboxylic acids is 2. The average molecular weight is 769 g/mol. The molecular formula is C38H73O13P. The van der Waals surface area contributed by atoms with Gasteiger partial charge in [0.25, 0.3) is 0 Å². The van der Waals surface area contributed by atoms with E-state index in [2.05, 4.69) is 13.8 Å². The molecule has 1 saturated carbocycles. The summed E-state index contributed by atoms with van der Waals surface area (Å²) in [6.45, 7) is 3.26. The summed E-state index contributed by atoms with van der Waals surface area (Å²) in [4.78, 5) is 35.4. The quantitative estimate of drug-likeness (QED) is 0.0238. The minimum Gasteiger partial charge on any atom is -0.462 e. The maximum atomic E-state index is 12.7. The Morgan fingerprint density at radius 3 is 1.27 bits per heavy atom. The fourth-order valence-electron chi connectivity index (χ4n) is 6.35. The zero-order valence-electron chi connectivity index (χ0n) is 32.1. The minimum absolute atomic E-state index is 0.104. The minimum atomic E-state index is -5.10. The molecule has 308 valence electrons. The van der Waals surface area contributed by atoms with Crippen LogP contribution in [-0.4, -0.2) is 98.3 Å². The Bertz CT molecular complexity index is 938. The van der Waals surface area contributed by atoms with E-state index in [1.807, 2.05) is 0 Å². The van der Waals surface area contributed by atoms with Crippen molar-refractivity contribution < 1.29 is 63.1 Å². The number of carbonyl (C=O) groups is 2. The predicted octanol–water partition coefficient (Wildman–Crippen LogP) is 6.55. The van der Waals surface area contributed by atoms with Crippen LogP contribution in [0.15, 0.2) is 0 Å². The van der Waals surface area contributed by atoms with Crippen molar-refractivity contribution in [3.63, 3.8) is 0 Å². The Balaban J connectivity index is 2.52. The SMILES string of the molecule is CCCCCCCCCCCCCCC(=O)OC(COC(=O)CCCCCCCCCCCCC)COP(=O)(O)OC1C(O)C(O)C(O)C(O)C1O. The number of ether oxygens (including phenoxy) is 2. The normalized spacial score (nSPS) is 23.6. The number of unbranched alkanes of at least 4 members (excludes halogenated alkanes) is 21. The summed E-state index contributed by atoms with van der Waals surface area (Å²) >= 11 is 0. The summed E-state index contributed by atoms with van der Waals surface area (Å²) in [6.07, 6.45) is 13.2. The number of phosphoric ester groups is 1. The first-order chi connectivity index (χ1) is 24.9. The first kappa shape index (κ1) is 48.9. The van der Waals surface area contributed by atoms with Crippen molar-refractivity contribution in [3.8, 4) is 0 Å². The second-order valence-electron chi connectivity index (χ2n) is 14.5. The maximum absolute atomic E-state index is 12.7. The number of phosphoric acid groups is 1. The molecule has 52 heavy (non-hydrogen) atoms. The van der Waals surface area contributed by atoms with Crippen molar-refractivity contribution >= 4 is 19.8 Å². The largest absolute Gasteiger partial charge is 0.472 e. The lowest BCUT2D eigenvalue weighted by Crippen LogP contribution is -2.64. The highest BCUT2D eigenvalue weighted by molar-refractivity contribution is 7.47. The van der Waals surface area contributed by atoms with Gasteiger partial charge in [-0.25, -0.2) is 4.57 Å². The third kappa shape index (κ3) is 22.9. The van der Waals surface area contributed by atoms with Gasteiger partial charge in [-0.2, -0.15) is 0 Å². The second-order valence-corrected chi connectivity index (χ2v) is 15.9. The molecule has 0 saturated heterocycles. The fourth-order valence-corrected chi connectivity index (χ4v) is 7.32. The summed E-state index contributed by atoms with van der Waals surface area (Å²) in [5.74, 6) is -1.09. The molecule has 13 nitrogen and oxygen atoms in total. The van der Waals surface area contributed by atoms with Crippen LogP contribution in [0.25, 0.3) is 0 Å². The maximum Gasteiger partial charge on any atom is 0.472 e. The Morgan fingerprint density at radius 2 is 0.865 bits per heavy atom. The molecule has 0 bridgehead atoms. The summed E-state index contributed by atoms with van der Waals surface area (Å²) < 4.78 is 33.3. The molecule has 6 unspecified atom stereocenters. The lowest BCUT2D eigenvalue weighted by Gasteiger charge is -2.41. The second kappa shape index (κ2) is 30.1. The first-order valence-electron chi connectivity index (χ1n) is 20.3. The average Bonchev–Trinajstić information content (AvgIpc) is 3.12. The molecular weight excluding hydrogens is 695 g/mol. The van der Waals surface area contributed by atoms with E-state index in [-0.39, 0.29) is 12.8 Å². The predicted molar refractivity (Wildman–Crippen MR) is 198 cm³/mol. The monoisotopic (exact) mass is 768 g/mol. The Hall–Kier alpha value is -1.15. The van der Waals surface area contributed by atoms with E-state index in [0.717, 1.165) is 38.5 Å². The number of aliphatic hydroxyl groups is 5. The van der Waals surface area contributed by atoms with Gasteiger partial charge in [-0.05, 0) is 12.8 Å². The third-order valence-electron chi connectivity index (χ3n) is 9.70. The van der Waals surface area contributed by atoms with Crippen molar-refractivity contribution in [2.45, 2.75) is 217 Å². The van der Waals surface area contributed by atoms with Crippen molar-refractivity contribution in [1.29, 1.82) is 0 Å². The summed E-state index contributed by atoms with van der Waals surface area (Å²) in [6, 6.07) is 0. The molecule has 0 radical (unpaired) electrons. The van der Waals surface area contributed by atoms with Gasteiger partial charge in [0.05, 0.1) is 6.61 Å². The molecule has 0 aromatic carbocycles. The molecule has 0 aliphatic heterocycles. The molecule has 0 aromatic heterocycles. The first-order valence-corrected chi connectivity index (χ1v) is 21.8. The smallest absolute Gasteiger partial charge is 0.462 e.